The SMILES string of the molecule is O=C(C=Cc1ccco1)NCCn1cc(-c2cccnc2)cn1. The Bertz CT molecular complexity index is 776. The first kappa shape index (κ1) is 14.8. The molecule has 1 N–H and O–H groups in total. The average Bonchev–Trinajstić information content (AvgIpc) is 3.26. The van der Waals surface area contributed by atoms with Crippen LogP contribution in [-0.2, 0) is 11.3 Å². The molecule has 0 fully saturated rings. The number of furan rings is 1. The van der Waals surface area contributed by atoms with Crippen LogP contribution in [-0.4, -0.2) is 27.2 Å². The van der Waals surface area contributed by atoms with Gasteiger partial charge in [-0.25, -0.2) is 0 Å². The molecule has 0 aliphatic rings. The predicted molar refractivity (Wildman–Crippen MR) is 86.2 cm³/mol. The van der Waals surface area contributed by atoms with Gasteiger partial charge < -0.3 is 9.73 Å². The van der Waals surface area contributed by atoms with Gasteiger partial charge in [-0.15, -0.1) is 0 Å². The molecule has 3 aromatic heterocycles. The molecule has 23 heavy (non-hydrogen) atoms. The Morgan fingerprint density at radius 3 is 3.00 bits per heavy atom. The highest BCUT2D eigenvalue weighted by Crippen LogP contribution is 2.16. The molecule has 0 radical (unpaired) electrons. The Labute approximate surface area is 133 Å². The van der Waals surface area contributed by atoms with Crippen LogP contribution in [0.25, 0.3) is 17.2 Å². The molecule has 3 rings (SSSR count). The van der Waals surface area contributed by atoms with E-state index in [9.17, 15) is 4.79 Å². The molecule has 0 aromatic carbocycles. The molecule has 0 saturated heterocycles. The number of carbonyl (C=O) groups excluding carboxylic acids is 1. The summed E-state index contributed by atoms with van der Waals surface area (Å²) in [6, 6.07) is 7.43. The molecule has 0 aliphatic carbocycles. The summed E-state index contributed by atoms with van der Waals surface area (Å²) in [5, 5.41) is 7.08. The van der Waals surface area contributed by atoms with Gasteiger partial charge in [0, 0.05) is 42.3 Å². The van der Waals surface area contributed by atoms with Gasteiger partial charge in [-0.05, 0) is 24.3 Å². The van der Waals surface area contributed by atoms with E-state index in [1.54, 1.807) is 47.7 Å². The first-order valence-electron chi connectivity index (χ1n) is 7.23. The molecular formula is C17H16N4O2. The summed E-state index contributed by atoms with van der Waals surface area (Å²) < 4.78 is 6.91. The lowest BCUT2D eigenvalue weighted by Crippen LogP contribution is -2.25. The maximum absolute atomic E-state index is 11.7. The van der Waals surface area contributed by atoms with Crippen molar-refractivity contribution in [1.82, 2.24) is 20.1 Å². The highest BCUT2D eigenvalue weighted by Gasteiger charge is 2.02. The van der Waals surface area contributed by atoms with E-state index in [4.69, 9.17) is 4.42 Å². The summed E-state index contributed by atoms with van der Waals surface area (Å²) >= 11 is 0. The number of nitrogens with zero attached hydrogens (tertiary/aromatic N) is 3. The highest BCUT2D eigenvalue weighted by atomic mass is 16.3. The third-order valence-corrected chi connectivity index (χ3v) is 3.21. The molecule has 1 amide bonds. The smallest absolute Gasteiger partial charge is 0.244 e. The van der Waals surface area contributed by atoms with Crippen molar-refractivity contribution in [1.29, 1.82) is 0 Å². The van der Waals surface area contributed by atoms with Crippen molar-refractivity contribution >= 4 is 12.0 Å². The van der Waals surface area contributed by atoms with Crippen LogP contribution in [0.2, 0.25) is 0 Å². The van der Waals surface area contributed by atoms with Crippen molar-refractivity contribution in [3.05, 3.63) is 67.2 Å². The first-order valence-corrected chi connectivity index (χ1v) is 7.23. The molecule has 0 unspecified atom stereocenters. The molecular weight excluding hydrogens is 292 g/mol. The molecule has 3 aromatic rings. The van der Waals surface area contributed by atoms with Gasteiger partial charge in [0.25, 0.3) is 0 Å². The van der Waals surface area contributed by atoms with Crippen LogP contribution in [0, 0.1) is 0 Å². The van der Waals surface area contributed by atoms with Gasteiger partial charge in [-0.3, -0.25) is 14.5 Å². The molecule has 0 aliphatic heterocycles. The van der Waals surface area contributed by atoms with Crippen molar-refractivity contribution in [2.75, 3.05) is 6.54 Å². The number of rotatable bonds is 6. The van der Waals surface area contributed by atoms with E-state index in [0.717, 1.165) is 11.1 Å². The van der Waals surface area contributed by atoms with Gasteiger partial charge in [0.2, 0.25) is 5.91 Å². The second-order valence-corrected chi connectivity index (χ2v) is 4.87. The van der Waals surface area contributed by atoms with Crippen LogP contribution in [0.15, 0.2) is 65.8 Å². The number of hydrogen-bond donors (Lipinski definition) is 1. The van der Waals surface area contributed by atoms with Crippen LogP contribution >= 0.6 is 0 Å². The second-order valence-electron chi connectivity index (χ2n) is 4.87. The van der Waals surface area contributed by atoms with Gasteiger partial charge in [-0.1, -0.05) is 6.07 Å². The van der Waals surface area contributed by atoms with Crippen LogP contribution in [0.3, 0.4) is 0 Å². The molecule has 0 bridgehead atoms. The molecule has 6 heteroatoms. The molecule has 3 heterocycles. The van der Waals surface area contributed by atoms with E-state index < -0.39 is 0 Å². The van der Waals surface area contributed by atoms with E-state index in [-0.39, 0.29) is 5.91 Å². The Hall–Kier alpha value is -3.15. The molecule has 6 nitrogen and oxygen atoms in total. The lowest BCUT2D eigenvalue weighted by atomic mass is 10.2. The zero-order valence-corrected chi connectivity index (χ0v) is 12.4. The number of hydrogen-bond acceptors (Lipinski definition) is 4. The summed E-state index contributed by atoms with van der Waals surface area (Å²) in [7, 11) is 0. The minimum atomic E-state index is -0.166. The fraction of sp³-hybridized carbons (Fsp3) is 0.118. The van der Waals surface area contributed by atoms with E-state index >= 15 is 0 Å². The minimum Gasteiger partial charge on any atom is -0.465 e. The van der Waals surface area contributed by atoms with Gasteiger partial charge in [0.1, 0.15) is 5.76 Å². The van der Waals surface area contributed by atoms with E-state index in [2.05, 4.69) is 15.4 Å². The monoisotopic (exact) mass is 308 g/mol. The maximum Gasteiger partial charge on any atom is 0.244 e. The van der Waals surface area contributed by atoms with Crippen LogP contribution in [0.4, 0.5) is 0 Å². The largest absolute Gasteiger partial charge is 0.465 e. The quantitative estimate of drug-likeness (QED) is 0.710. The van der Waals surface area contributed by atoms with Gasteiger partial charge in [0.15, 0.2) is 0 Å². The van der Waals surface area contributed by atoms with Gasteiger partial charge >= 0.3 is 0 Å². The van der Waals surface area contributed by atoms with Crippen LogP contribution in [0.5, 0.6) is 0 Å². The normalized spacial score (nSPS) is 11.0. The van der Waals surface area contributed by atoms with Gasteiger partial charge in [0.05, 0.1) is 19.0 Å². The third-order valence-electron chi connectivity index (χ3n) is 3.21. The zero-order valence-electron chi connectivity index (χ0n) is 12.4. The Kier molecular flexibility index (Phi) is 4.63. The molecule has 0 spiro atoms. The van der Waals surface area contributed by atoms with Gasteiger partial charge in [-0.2, -0.15) is 5.10 Å². The Morgan fingerprint density at radius 1 is 1.26 bits per heavy atom. The number of aromatic nitrogens is 3. The maximum atomic E-state index is 11.7. The van der Waals surface area contributed by atoms with Crippen molar-refractivity contribution < 1.29 is 9.21 Å². The van der Waals surface area contributed by atoms with Crippen molar-refractivity contribution in [2.24, 2.45) is 0 Å². The second kappa shape index (κ2) is 7.22. The zero-order chi connectivity index (χ0) is 15.9. The predicted octanol–water partition coefficient (Wildman–Crippen LogP) is 2.37. The lowest BCUT2D eigenvalue weighted by molar-refractivity contribution is -0.116. The number of nitrogens with one attached hydrogen (secondary N) is 1. The molecule has 116 valence electrons. The summed E-state index contributed by atoms with van der Waals surface area (Å²) in [6.07, 6.45) is 11.9. The average molecular weight is 308 g/mol. The minimum absolute atomic E-state index is 0.166. The fourth-order valence-electron chi connectivity index (χ4n) is 2.06. The summed E-state index contributed by atoms with van der Waals surface area (Å²) in [6.45, 7) is 1.09. The van der Waals surface area contributed by atoms with Crippen molar-refractivity contribution in [3.63, 3.8) is 0 Å². The summed E-state index contributed by atoms with van der Waals surface area (Å²) in [5.74, 6) is 0.481. The van der Waals surface area contributed by atoms with Crippen LogP contribution < -0.4 is 5.32 Å². The molecule has 0 saturated carbocycles. The van der Waals surface area contributed by atoms with E-state index in [1.807, 2.05) is 18.3 Å². The third kappa shape index (κ3) is 4.16. The fourth-order valence-corrected chi connectivity index (χ4v) is 2.06. The number of amides is 1. The summed E-state index contributed by atoms with van der Waals surface area (Å²) in [5.41, 5.74) is 2.02. The highest BCUT2D eigenvalue weighted by molar-refractivity contribution is 5.91. The summed E-state index contributed by atoms with van der Waals surface area (Å²) in [4.78, 5) is 15.8. The number of pyridine rings is 1. The van der Waals surface area contributed by atoms with Crippen LogP contribution in [0.1, 0.15) is 5.76 Å². The van der Waals surface area contributed by atoms with E-state index in [0.29, 0.717) is 18.8 Å². The molecule has 0 atom stereocenters. The van der Waals surface area contributed by atoms with Crippen molar-refractivity contribution in [2.45, 2.75) is 6.54 Å². The Morgan fingerprint density at radius 2 is 2.22 bits per heavy atom. The van der Waals surface area contributed by atoms with Crippen molar-refractivity contribution in [3.8, 4) is 11.1 Å². The topological polar surface area (TPSA) is 73.0 Å². The first-order chi connectivity index (χ1) is 11.3. The standard InChI is InChI=1S/C17H16N4O2/c22-17(6-5-16-4-2-10-23-16)19-8-9-21-13-15(12-20-21)14-3-1-7-18-11-14/h1-7,10-13H,8-9H2,(H,19,22). The lowest BCUT2D eigenvalue weighted by Gasteiger charge is -2.02. The van der Waals surface area contributed by atoms with E-state index in [1.165, 1.54) is 6.08 Å². The Balaban J connectivity index is 1.48. The number of carbonyl (C=O) groups is 1.